The minimum absolute atomic E-state index is 0.112. The van der Waals surface area contributed by atoms with Crippen molar-refractivity contribution in [2.24, 2.45) is 0 Å². The van der Waals surface area contributed by atoms with E-state index < -0.39 is 27.4 Å². The predicted octanol–water partition coefficient (Wildman–Crippen LogP) is 3.20. The molecule has 0 aliphatic carbocycles. The molecule has 0 saturated heterocycles. The average Bonchev–Trinajstić information content (AvgIpc) is 3.43. The van der Waals surface area contributed by atoms with E-state index in [-0.39, 0.29) is 17.3 Å². The van der Waals surface area contributed by atoms with Crippen molar-refractivity contribution >= 4 is 9.84 Å². The van der Waals surface area contributed by atoms with Crippen LogP contribution in [0.3, 0.4) is 0 Å². The summed E-state index contributed by atoms with van der Waals surface area (Å²) >= 11 is 0. The molecule has 10 nitrogen and oxygen atoms in total. The van der Waals surface area contributed by atoms with Crippen LogP contribution in [-0.4, -0.2) is 53.2 Å². The van der Waals surface area contributed by atoms with Gasteiger partial charge in [0, 0.05) is 6.20 Å². The first-order valence-corrected chi connectivity index (χ1v) is 12.6. The SMILES string of the molecule is COc1cccc(OC)c1-n1c(CS(=O)(=O)C[C@H](O)c2ccc(C)cn2)nnc1-c1ccc(C)o1. The lowest BCUT2D eigenvalue weighted by molar-refractivity contribution is 0.196. The number of hydrogen-bond donors (Lipinski definition) is 1. The van der Waals surface area contributed by atoms with Crippen molar-refractivity contribution in [3.05, 3.63) is 71.5 Å². The van der Waals surface area contributed by atoms with E-state index in [4.69, 9.17) is 13.9 Å². The van der Waals surface area contributed by atoms with Crippen LogP contribution >= 0.6 is 0 Å². The summed E-state index contributed by atoms with van der Waals surface area (Å²) in [6, 6.07) is 12.1. The van der Waals surface area contributed by atoms with E-state index in [0.717, 1.165) is 5.56 Å². The number of rotatable bonds is 9. The maximum Gasteiger partial charge on any atom is 0.204 e. The number of benzene rings is 1. The van der Waals surface area contributed by atoms with Crippen molar-refractivity contribution in [3.63, 3.8) is 0 Å². The van der Waals surface area contributed by atoms with Crippen LogP contribution in [-0.2, 0) is 15.6 Å². The second-order valence-corrected chi connectivity index (χ2v) is 10.1. The zero-order chi connectivity index (χ0) is 25.2. The van der Waals surface area contributed by atoms with E-state index in [1.165, 1.54) is 14.2 Å². The van der Waals surface area contributed by atoms with Gasteiger partial charge in [0.2, 0.25) is 5.82 Å². The highest BCUT2D eigenvalue weighted by atomic mass is 32.2. The van der Waals surface area contributed by atoms with Gasteiger partial charge < -0.3 is 19.0 Å². The molecule has 0 amide bonds. The van der Waals surface area contributed by atoms with Crippen LogP contribution < -0.4 is 9.47 Å². The smallest absolute Gasteiger partial charge is 0.204 e. The summed E-state index contributed by atoms with van der Waals surface area (Å²) in [4.78, 5) is 4.13. The molecule has 4 rings (SSSR count). The Morgan fingerprint density at radius 3 is 2.31 bits per heavy atom. The van der Waals surface area contributed by atoms with Gasteiger partial charge in [0.25, 0.3) is 0 Å². The Labute approximate surface area is 203 Å². The summed E-state index contributed by atoms with van der Waals surface area (Å²) in [6.07, 6.45) is 0.290. The van der Waals surface area contributed by atoms with Gasteiger partial charge >= 0.3 is 0 Å². The quantitative estimate of drug-likeness (QED) is 0.370. The number of hydrogen-bond acceptors (Lipinski definition) is 9. The van der Waals surface area contributed by atoms with Crippen LogP contribution in [0.4, 0.5) is 0 Å². The van der Waals surface area contributed by atoms with Crippen molar-refractivity contribution in [1.82, 2.24) is 19.7 Å². The lowest BCUT2D eigenvalue weighted by Gasteiger charge is -2.17. The number of aryl methyl sites for hydroxylation is 2. The Morgan fingerprint density at radius 2 is 1.74 bits per heavy atom. The number of aromatic nitrogens is 4. The van der Waals surface area contributed by atoms with Gasteiger partial charge in [0.05, 0.1) is 25.7 Å². The molecule has 0 bridgehead atoms. The number of nitrogens with zero attached hydrogens (tertiary/aromatic N) is 4. The van der Waals surface area contributed by atoms with Crippen molar-refractivity contribution in [2.75, 3.05) is 20.0 Å². The number of pyridine rings is 1. The van der Waals surface area contributed by atoms with Gasteiger partial charge in [-0.2, -0.15) is 0 Å². The second-order valence-electron chi connectivity index (χ2n) is 8.03. The lowest BCUT2D eigenvalue weighted by Crippen LogP contribution is -2.19. The number of sulfone groups is 1. The van der Waals surface area contributed by atoms with E-state index in [1.807, 2.05) is 6.92 Å². The van der Waals surface area contributed by atoms with Crippen molar-refractivity contribution < 1.29 is 27.4 Å². The highest BCUT2D eigenvalue weighted by Crippen LogP contribution is 2.37. The predicted molar refractivity (Wildman–Crippen MR) is 128 cm³/mol. The first-order valence-electron chi connectivity index (χ1n) is 10.8. The standard InChI is InChI=1S/C24H26N4O6S/c1-15-8-10-17(25-12-15)18(29)13-35(30,31)14-22-26-27-24(21-11-9-16(2)34-21)28(22)23-19(32-3)6-5-7-20(23)33-4/h5-12,18,29H,13-14H2,1-4H3/t18-/m0/s1. The molecule has 1 aromatic carbocycles. The minimum Gasteiger partial charge on any atom is -0.494 e. The van der Waals surface area contributed by atoms with E-state index >= 15 is 0 Å². The molecular weight excluding hydrogens is 472 g/mol. The van der Waals surface area contributed by atoms with Gasteiger partial charge in [-0.25, -0.2) is 8.42 Å². The van der Waals surface area contributed by atoms with Gasteiger partial charge in [-0.05, 0) is 49.7 Å². The topological polar surface area (TPSA) is 130 Å². The Bertz CT molecular complexity index is 1400. The van der Waals surface area contributed by atoms with E-state index in [0.29, 0.717) is 28.7 Å². The first kappa shape index (κ1) is 24.4. The highest BCUT2D eigenvalue weighted by molar-refractivity contribution is 7.90. The summed E-state index contributed by atoms with van der Waals surface area (Å²) in [5.74, 6) is 1.28. The monoisotopic (exact) mass is 498 g/mol. The molecule has 0 aliphatic heterocycles. The largest absolute Gasteiger partial charge is 0.494 e. The minimum atomic E-state index is -3.85. The van der Waals surface area contributed by atoms with Gasteiger partial charge in [-0.1, -0.05) is 12.1 Å². The molecule has 11 heteroatoms. The summed E-state index contributed by atoms with van der Waals surface area (Å²) in [5, 5.41) is 18.9. The third-order valence-electron chi connectivity index (χ3n) is 5.35. The Hall–Kier alpha value is -3.70. The van der Waals surface area contributed by atoms with E-state index in [9.17, 15) is 13.5 Å². The zero-order valence-corrected chi connectivity index (χ0v) is 20.6. The second kappa shape index (κ2) is 9.88. The Kier molecular flexibility index (Phi) is 6.90. The third-order valence-corrected chi connectivity index (χ3v) is 6.87. The van der Waals surface area contributed by atoms with Crippen LogP contribution in [0.1, 0.15) is 28.9 Å². The van der Waals surface area contributed by atoms with Gasteiger partial charge in [-0.15, -0.1) is 10.2 Å². The zero-order valence-electron chi connectivity index (χ0n) is 19.8. The fourth-order valence-electron chi connectivity index (χ4n) is 3.67. The van der Waals surface area contributed by atoms with Crippen molar-refractivity contribution in [3.8, 4) is 28.8 Å². The molecule has 0 saturated carbocycles. The molecule has 0 unspecified atom stereocenters. The van der Waals surface area contributed by atoms with Crippen LogP contribution in [0.2, 0.25) is 0 Å². The summed E-state index contributed by atoms with van der Waals surface area (Å²) in [6.45, 7) is 3.65. The van der Waals surface area contributed by atoms with E-state index in [1.54, 1.807) is 60.2 Å². The molecule has 0 fully saturated rings. The number of furan rings is 1. The molecule has 0 spiro atoms. The maximum atomic E-state index is 13.1. The average molecular weight is 499 g/mol. The number of ether oxygens (including phenoxy) is 2. The molecule has 1 N–H and O–H groups in total. The third kappa shape index (κ3) is 5.20. The molecule has 3 heterocycles. The van der Waals surface area contributed by atoms with Crippen molar-refractivity contribution in [1.29, 1.82) is 0 Å². The fourth-order valence-corrected chi connectivity index (χ4v) is 5.02. The number of para-hydroxylation sites is 1. The molecule has 3 aromatic heterocycles. The van der Waals surface area contributed by atoms with Crippen LogP contribution in [0.25, 0.3) is 17.3 Å². The van der Waals surface area contributed by atoms with Gasteiger partial charge in [-0.3, -0.25) is 9.55 Å². The lowest BCUT2D eigenvalue weighted by atomic mass is 10.2. The van der Waals surface area contributed by atoms with Crippen LogP contribution in [0.15, 0.2) is 53.1 Å². The molecular formula is C24H26N4O6S. The summed E-state index contributed by atoms with van der Waals surface area (Å²) < 4.78 is 44.7. The molecule has 35 heavy (non-hydrogen) atoms. The Balaban J connectivity index is 1.77. The normalized spacial score (nSPS) is 12.5. The van der Waals surface area contributed by atoms with Crippen LogP contribution in [0, 0.1) is 13.8 Å². The maximum absolute atomic E-state index is 13.1. The van der Waals surface area contributed by atoms with Crippen LogP contribution in [0.5, 0.6) is 11.5 Å². The molecule has 4 aromatic rings. The molecule has 184 valence electrons. The van der Waals surface area contributed by atoms with Gasteiger partial charge in [0.15, 0.2) is 21.4 Å². The number of aliphatic hydroxyl groups excluding tert-OH is 1. The van der Waals surface area contributed by atoms with E-state index in [2.05, 4.69) is 15.2 Å². The number of methoxy groups -OCH3 is 2. The summed E-state index contributed by atoms with van der Waals surface area (Å²) in [5.41, 5.74) is 1.61. The summed E-state index contributed by atoms with van der Waals surface area (Å²) in [7, 11) is -0.850. The first-order chi connectivity index (χ1) is 16.7. The van der Waals surface area contributed by atoms with Gasteiger partial charge in [0.1, 0.15) is 34.8 Å². The molecule has 0 radical (unpaired) electrons. The molecule has 1 atom stereocenters. The Morgan fingerprint density at radius 1 is 1.03 bits per heavy atom. The highest BCUT2D eigenvalue weighted by Gasteiger charge is 2.28. The fraction of sp³-hybridized carbons (Fsp3) is 0.292. The molecule has 0 aliphatic rings. The number of aliphatic hydroxyl groups is 1. The van der Waals surface area contributed by atoms with Crippen molar-refractivity contribution in [2.45, 2.75) is 25.7 Å².